The molecule has 2 aromatic rings. The Labute approximate surface area is 128 Å². The van der Waals surface area contributed by atoms with Gasteiger partial charge in [-0.2, -0.15) is 11.3 Å². The lowest BCUT2D eigenvalue weighted by molar-refractivity contribution is -0.118. The van der Waals surface area contributed by atoms with Crippen LogP contribution in [0.4, 0.5) is 5.69 Å². The average Bonchev–Trinajstić information content (AvgIpc) is 2.97. The molecule has 2 N–H and O–H groups in total. The lowest BCUT2D eigenvalue weighted by atomic mass is 10.1. The van der Waals surface area contributed by atoms with Crippen LogP contribution >= 0.6 is 11.3 Å². The Kier molecular flexibility index (Phi) is 4.22. The molecule has 4 nitrogen and oxygen atoms in total. The summed E-state index contributed by atoms with van der Waals surface area (Å²) in [5.74, 6) is 0.642. The van der Waals surface area contributed by atoms with Crippen LogP contribution in [0.3, 0.4) is 0 Å². The third-order valence-electron chi connectivity index (χ3n) is 3.45. The first kappa shape index (κ1) is 14.1. The normalized spacial score (nSPS) is 15.0. The largest absolute Gasteiger partial charge is 0.482 e. The maximum atomic E-state index is 11.3. The molecule has 1 aromatic heterocycles. The Morgan fingerprint density at radius 3 is 3.10 bits per heavy atom. The molecule has 0 saturated carbocycles. The summed E-state index contributed by atoms with van der Waals surface area (Å²) in [6, 6.07) is 8.47. The van der Waals surface area contributed by atoms with E-state index >= 15 is 0 Å². The molecule has 1 aliphatic heterocycles. The van der Waals surface area contributed by atoms with Crippen LogP contribution in [0, 0.1) is 0 Å². The number of carbonyl (C=O) groups excluding carboxylic acids is 1. The van der Waals surface area contributed by atoms with Crippen molar-refractivity contribution in [2.45, 2.75) is 25.9 Å². The first-order chi connectivity index (χ1) is 10.2. The summed E-state index contributed by atoms with van der Waals surface area (Å²) in [6.07, 6.45) is 1.02. The van der Waals surface area contributed by atoms with Crippen LogP contribution < -0.4 is 15.4 Å². The number of ether oxygens (including phenoxy) is 1. The van der Waals surface area contributed by atoms with Crippen molar-refractivity contribution in [3.63, 3.8) is 0 Å². The number of rotatable bonds is 5. The van der Waals surface area contributed by atoms with Gasteiger partial charge in [-0.15, -0.1) is 0 Å². The monoisotopic (exact) mass is 302 g/mol. The van der Waals surface area contributed by atoms with Crippen molar-refractivity contribution < 1.29 is 9.53 Å². The number of carbonyl (C=O) groups is 1. The van der Waals surface area contributed by atoms with Crippen molar-refractivity contribution in [1.29, 1.82) is 0 Å². The summed E-state index contributed by atoms with van der Waals surface area (Å²) in [4.78, 5) is 11.3. The summed E-state index contributed by atoms with van der Waals surface area (Å²) in [7, 11) is 0. The Hall–Kier alpha value is -1.85. The van der Waals surface area contributed by atoms with Crippen LogP contribution in [-0.4, -0.2) is 18.6 Å². The number of benzene rings is 1. The van der Waals surface area contributed by atoms with Crippen molar-refractivity contribution in [2.75, 3.05) is 11.9 Å². The lowest BCUT2D eigenvalue weighted by Crippen LogP contribution is -2.28. The van der Waals surface area contributed by atoms with Gasteiger partial charge in [-0.05, 0) is 53.4 Å². The minimum Gasteiger partial charge on any atom is -0.482 e. The van der Waals surface area contributed by atoms with Crippen molar-refractivity contribution in [2.24, 2.45) is 0 Å². The highest BCUT2D eigenvalue weighted by molar-refractivity contribution is 7.07. The van der Waals surface area contributed by atoms with Crippen LogP contribution in [0.1, 0.15) is 18.1 Å². The van der Waals surface area contributed by atoms with Gasteiger partial charge in [-0.1, -0.05) is 6.07 Å². The van der Waals surface area contributed by atoms with E-state index in [4.69, 9.17) is 4.74 Å². The minimum absolute atomic E-state index is 0.0987. The van der Waals surface area contributed by atoms with E-state index in [2.05, 4.69) is 34.4 Å². The smallest absolute Gasteiger partial charge is 0.262 e. The molecule has 1 atom stereocenters. The zero-order valence-electron chi connectivity index (χ0n) is 11.9. The predicted octanol–water partition coefficient (Wildman–Crippen LogP) is 2.80. The number of hydrogen-bond acceptors (Lipinski definition) is 4. The van der Waals surface area contributed by atoms with E-state index in [-0.39, 0.29) is 12.5 Å². The molecule has 2 heterocycles. The molecule has 0 saturated heterocycles. The Morgan fingerprint density at radius 1 is 1.38 bits per heavy atom. The molecule has 0 spiro atoms. The average molecular weight is 302 g/mol. The number of nitrogens with one attached hydrogen (secondary N) is 2. The van der Waals surface area contributed by atoms with Crippen LogP contribution in [0.15, 0.2) is 35.0 Å². The van der Waals surface area contributed by atoms with E-state index in [0.29, 0.717) is 6.04 Å². The fourth-order valence-corrected chi connectivity index (χ4v) is 3.05. The lowest BCUT2D eigenvalue weighted by Gasteiger charge is -2.19. The van der Waals surface area contributed by atoms with Gasteiger partial charge >= 0.3 is 0 Å². The van der Waals surface area contributed by atoms with Crippen LogP contribution in [0.2, 0.25) is 0 Å². The molecule has 0 aliphatic carbocycles. The predicted molar refractivity (Wildman–Crippen MR) is 84.9 cm³/mol. The molecule has 0 fully saturated rings. The van der Waals surface area contributed by atoms with E-state index in [9.17, 15) is 4.79 Å². The van der Waals surface area contributed by atoms with Crippen molar-refractivity contribution in [3.8, 4) is 5.75 Å². The zero-order chi connectivity index (χ0) is 14.7. The first-order valence-electron chi connectivity index (χ1n) is 7.01. The molecule has 1 amide bonds. The number of hydrogen-bond donors (Lipinski definition) is 2. The number of anilines is 1. The topological polar surface area (TPSA) is 50.4 Å². The van der Waals surface area contributed by atoms with E-state index in [1.165, 1.54) is 5.56 Å². The maximum absolute atomic E-state index is 11.3. The van der Waals surface area contributed by atoms with E-state index in [1.807, 2.05) is 18.2 Å². The van der Waals surface area contributed by atoms with E-state index in [1.54, 1.807) is 11.3 Å². The standard InChI is InChI=1S/C16H18N2O2S/c1-11(6-13-4-5-21-10-13)17-8-12-2-3-15-14(7-12)18-16(19)9-20-15/h2-5,7,10-11,17H,6,8-9H2,1H3,(H,18,19). The maximum Gasteiger partial charge on any atom is 0.262 e. The van der Waals surface area contributed by atoms with Crippen molar-refractivity contribution in [1.82, 2.24) is 5.32 Å². The van der Waals surface area contributed by atoms with Gasteiger partial charge in [0, 0.05) is 12.6 Å². The molecule has 1 aliphatic rings. The second-order valence-electron chi connectivity index (χ2n) is 5.29. The van der Waals surface area contributed by atoms with Crippen molar-refractivity contribution in [3.05, 3.63) is 46.2 Å². The molecular formula is C16H18N2O2S. The first-order valence-corrected chi connectivity index (χ1v) is 7.95. The van der Waals surface area contributed by atoms with Crippen LogP contribution in [-0.2, 0) is 17.8 Å². The molecular weight excluding hydrogens is 284 g/mol. The van der Waals surface area contributed by atoms with E-state index < -0.39 is 0 Å². The highest BCUT2D eigenvalue weighted by Crippen LogP contribution is 2.28. The van der Waals surface area contributed by atoms with Gasteiger partial charge in [0.1, 0.15) is 5.75 Å². The SMILES string of the molecule is CC(Cc1ccsc1)NCc1ccc2c(c1)NC(=O)CO2. The minimum atomic E-state index is -0.0987. The fraction of sp³-hybridized carbons (Fsp3) is 0.312. The Bertz CT molecular complexity index is 625. The van der Waals surface area contributed by atoms with Gasteiger partial charge < -0.3 is 15.4 Å². The Balaban J connectivity index is 1.58. The molecule has 3 rings (SSSR count). The highest BCUT2D eigenvalue weighted by Gasteiger charge is 2.15. The summed E-state index contributed by atoms with van der Waals surface area (Å²) in [5, 5.41) is 10.6. The second kappa shape index (κ2) is 6.28. The zero-order valence-corrected chi connectivity index (χ0v) is 12.7. The van der Waals surface area contributed by atoms with Gasteiger partial charge in [0.15, 0.2) is 6.61 Å². The molecule has 110 valence electrons. The van der Waals surface area contributed by atoms with Crippen molar-refractivity contribution >= 4 is 22.9 Å². The molecule has 1 unspecified atom stereocenters. The van der Waals surface area contributed by atoms with Gasteiger partial charge in [-0.25, -0.2) is 0 Å². The molecule has 0 bridgehead atoms. The van der Waals surface area contributed by atoms with Gasteiger partial charge in [-0.3, -0.25) is 4.79 Å². The van der Waals surface area contributed by atoms with E-state index in [0.717, 1.165) is 30.0 Å². The second-order valence-corrected chi connectivity index (χ2v) is 6.07. The third kappa shape index (κ3) is 3.62. The third-order valence-corrected chi connectivity index (χ3v) is 4.19. The molecule has 1 aromatic carbocycles. The molecule has 0 radical (unpaired) electrons. The van der Waals surface area contributed by atoms with Crippen LogP contribution in [0.5, 0.6) is 5.75 Å². The van der Waals surface area contributed by atoms with Gasteiger partial charge in [0.05, 0.1) is 5.69 Å². The summed E-state index contributed by atoms with van der Waals surface area (Å²) in [6.45, 7) is 3.05. The molecule has 21 heavy (non-hydrogen) atoms. The molecule has 5 heteroatoms. The Morgan fingerprint density at radius 2 is 2.29 bits per heavy atom. The quantitative estimate of drug-likeness (QED) is 0.893. The summed E-state index contributed by atoms with van der Waals surface area (Å²) in [5.41, 5.74) is 3.26. The fourth-order valence-electron chi connectivity index (χ4n) is 2.37. The summed E-state index contributed by atoms with van der Waals surface area (Å²) < 4.78 is 5.36. The number of fused-ring (bicyclic) bond motifs is 1. The van der Waals surface area contributed by atoms with Gasteiger partial charge in [0.2, 0.25) is 0 Å². The van der Waals surface area contributed by atoms with Gasteiger partial charge in [0.25, 0.3) is 5.91 Å². The number of amides is 1. The summed E-state index contributed by atoms with van der Waals surface area (Å²) >= 11 is 1.73. The number of thiophene rings is 1. The van der Waals surface area contributed by atoms with Crippen LogP contribution in [0.25, 0.3) is 0 Å². The highest BCUT2D eigenvalue weighted by atomic mass is 32.1.